The van der Waals surface area contributed by atoms with Gasteiger partial charge in [-0.1, -0.05) is 58.1 Å². The zero-order chi connectivity index (χ0) is 19.2. The van der Waals surface area contributed by atoms with Crippen LogP contribution in [0.5, 0.6) is 0 Å². The van der Waals surface area contributed by atoms with Crippen LogP contribution < -0.4 is 0 Å². The van der Waals surface area contributed by atoms with E-state index in [2.05, 4.69) is 26.8 Å². The van der Waals surface area contributed by atoms with Gasteiger partial charge >= 0.3 is 0 Å². The molecule has 2 heteroatoms. The summed E-state index contributed by atoms with van der Waals surface area (Å²) in [5.41, 5.74) is 1.37. The van der Waals surface area contributed by atoms with Crippen LogP contribution in [-0.2, 0) is 9.59 Å². The molecule has 6 atom stereocenters. The molecule has 0 spiro atoms. The monoisotopic (exact) mass is 368 g/mol. The highest BCUT2D eigenvalue weighted by atomic mass is 16.1. The maximum absolute atomic E-state index is 12.7. The number of carbonyl (C=O) groups excluding carboxylic acids is 2. The van der Waals surface area contributed by atoms with Crippen molar-refractivity contribution in [2.75, 3.05) is 0 Å². The number of hydrogen-bond donors (Lipinski definition) is 0. The van der Waals surface area contributed by atoms with Crippen LogP contribution in [0.3, 0.4) is 0 Å². The third kappa shape index (κ3) is 2.98. The van der Waals surface area contributed by atoms with E-state index in [1.54, 1.807) is 0 Å². The normalized spacial score (nSPS) is 43.1. The molecule has 3 fully saturated rings. The summed E-state index contributed by atoms with van der Waals surface area (Å²) in [4.78, 5) is 24.9. The fourth-order valence-corrected chi connectivity index (χ4v) is 7.28. The summed E-state index contributed by atoms with van der Waals surface area (Å²) < 4.78 is 0. The smallest absolute Gasteiger partial charge is 0.178 e. The van der Waals surface area contributed by atoms with Gasteiger partial charge < -0.3 is 0 Å². The highest BCUT2D eigenvalue weighted by molar-refractivity contribution is 6.01. The van der Waals surface area contributed by atoms with Gasteiger partial charge in [0.2, 0.25) is 0 Å². The van der Waals surface area contributed by atoms with Crippen molar-refractivity contribution in [3.05, 3.63) is 23.8 Å². The third-order valence-electron chi connectivity index (χ3n) is 8.83. The predicted octanol–water partition coefficient (Wildman–Crippen LogP) is 6.06. The molecule has 0 aromatic rings. The molecule has 2 nitrogen and oxygen atoms in total. The zero-order valence-corrected chi connectivity index (χ0v) is 17.4. The summed E-state index contributed by atoms with van der Waals surface area (Å²) in [5, 5.41) is 0. The summed E-state index contributed by atoms with van der Waals surface area (Å²) in [5.74, 6) is 3.03. The first-order valence-electron chi connectivity index (χ1n) is 11.4. The molecule has 4 aliphatic rings. The SMILES string of the molecule is CCCCCC[C@H]1C[C@@H]2[C@H](CC[C@]3(C)C(=O)CC[C@@H]23)[C@@]2(C)C=CC(=O)C=C12. The number of ketones is 2. The van der Waals surface area contributed by atoms with Crippen LogP contribution in [0.1, 0.15) is 85.0 Å². The Morgan fingerprint density at radius 1 is 1.07 bits per heavy atom. The molecule has 0 N–H and O–H groups in total. The van der Waals surface area contributed by atoms with Crippen LogP contribution in [0.2, 0.25) is 0 Å². The maximum Gasteiger partial charge on any atom is 0.178 e. The maximum atomic E-state index is 12.7. The van der Waals surface area contributed by atoms with E-state index >= 15 is 0 Å². The Morgan fingerprint density at radius 2 is 1.89 bits per heavy atom. The second-order valence-corrected chi connectivity index (χ2v) is 10.2. The first-order chi connectivity index (χ1) is 12.9. The van der Waals surface area contributed by atoms with Gasteiger partial charge in [-0.2, -0.15) is 0 Å². The van der Waals surface area contributed by atoms with E-state index in [9.17, 15) is 9.59 Å². The highest BCUT2D eigenvalue weighted by Gasteiger charge is 2.59. The summed E-state index contributed by atoms with van der Waals surface area (Å²) in [6.45, 7) is 6.90. The topological polar surface area (TPSA) is 34.1 Å². The molecular weight excluding hydrogens is 332 g/mol. The van der Waals surface area contributed by atoms with E-state index in [1.165, 1.54) is 44.1 Å². The average molecular weight is 369 g/mol. The summed E-state index contributed by atoms with van der Waals surface area (Å²) in [7, 11) is 0. The average Bonchev–Trinajstić information content (AvgIpc) is 2.95. The van der Waals surface area contributed by atoms with Gasteiger partial charge in [0.05, 0.1) is 0 Å². The number of unbranched alkanes of at least 4 members (excludes halogenated alkanes) is 3. The Hall–Kier alpha value is -1.18. The fourth-order valence-electron chi connectivity index (χ4n) is 7.28. The number of rotatable bonds is 5. The Morgan fingerprint density at radius 3 is 2.67 bits per heavy atom. The molecule has 0 amide bonds. The molecule has 3 saturated carbocycles. The van der Waals surface area contributed by atoms with E-state index in [0.717, 1.165) is 25.7 Å². The molecule has 0 saturated heterocycles. The molecule has 4 aliphatic carbocycles. The van der Waals surface area contributed by atoms with E-state index in [1.807, 2.05) is 12.2 Å². The Labute approximate surface area is 164 Å². The van der Waals surface area contributed by atoms with Crippen LogP contribution in [-0.4, -0.2) is 11.6 Å². The van der Waals surface area contributed by atoms with Gasteiger partial charge in [-0.05, 0) is 67.9 Å². The molecule has 0 aromatic carbocycles. The summed E-state index contributed by atoms with van der Waals surface area (Å²) >= 11 is 0. The van der Waals surface area contributed by atoms with E-state index < -0.39 is 0 Å². The molecule has 0 radical (unpaired) electrons. The number of fused-ring (bicyclic) bond motifs is 5. The molecule has 27 heavy (non-hydrogen) atoms. The van der Waals surface area contributed by atoms with Gasteiger partial charge in [-0.3, -0.25) is 9.59 Å². The third-order valence-corrected chi connectivity index (χ3v) is 8.83. The molecule has 148 valence electrons. The molecule has 0 aromatic heterocycles. The van der Waals surface area contributed by atoms with Crippen LogP contribution >= 0.6 is 0 Å². The van der Waals surface area contributed by atoms with Crippen LogP contribution in [0.25, 0.3) is 0 Å². The standard InChI is InChI=1S/C25H36O2/c1-4-5-6-7-8-17-15-19-20-9-10-23(27)25(20,3)14-12-21(19)24(2)13-11-18(26)16-22(17)24/h11,13,16-17,19-21H,4-10,12,14-15H2,1-3H3/t17-,19-,20-,21-,24+,25-/m0/s1. The van der Waals surface area contributed by atoms with E-state index in [-0.39, 0.29) is 16.6 Å². The quantitative estimate of drug-likeness (QED) is 0.553. The minimum Gasteiger partial charge on any atom is -0.299 e. The van der Waals surface area contributed by atoms with E-state index in [0.29, 0.717) is 29.5 Å². The number of Topliss-reactive ketones (excluding diaryl/α,β-unsaturated/α-hetero) is 1. The number of hydrogen-bond acceptors (Lipinski definition) is 2. The van der Waals surface area contributed by atoms with Gasteiger partial charge in [-0.25, -0.2) is 0 Å². The molecular formula is C25H36O2. The Bertz CT molecular complexity index is 686. The minimum absolute atomic E-state index is 0.0270. The number of allylic oxidation sites excluding steroid dienone is 4. The molecule has 0 heterocycles. The second kappa shape index (κ2) is 7.01. The lowest BCUT2D eigenvalue weighted by molar-refractivity contribution is -0.132. The van der Waals surface area contributed by atoms with Crippen molar-refractivity contribution < 1.29 is 9.59 Å². The lowest BCUT2D eigenvalue weighted by Gasteiger charge is -2.57. The van der Waals surface area contributed by atoms with Gasteiger partial charge in [0, 0.05) is 17.3 Å². The summed E-state index contributed by atoms with van der Waals surface area (Å²) in [6, 6.07) is 0. The van der Waals surface area contributed by atoms with Crippen molar-refractivity contribution in [2.45, 2.75) is 85.0 Å². The number of carbonyl (C=O) groups is 2. The van der Waals surface area contributed by atoms with Crippen molar-refractivity contribution in [2.24, 2.45) is 34.5 Å². The molecule has 0 aliphatic heterocycles. The lowest BCUT2D eigenvalue weighted by atomic mass is 9.46. The van der Waals surface area contributed by atoms with Crippen molar-refractivity contribution in [3.8, 4) is 0 Å². The highest BCUT2D eigenvalue weighted by Crippen LogP contribution is 2.65. The second-order valence-electron chi connectivity index (χ2n) is 10.2. The van der Waals surface area contributed by atoms with Crippen LogP contribution in [0, 0.1) is 34.5 Å². The Kier molecular flexibility index (Phi) is 4.97. The van der Waals surface area contributed by atoms with Gasteiger partial charge in [0.15, 0.2) is 5.78 Å². The molecule has 4 rings (SSSR count). The largest absolute Gasteiger partial charge is 0.299 e. The van der Waals surface area contributed by atoms with Crippen molar-refractivity contribution >= 4 is 11.6 Å². The van der Waals surface area contributed by atoms with Gasteiger partial charge in [-0.15, -0.1) is 0 Å². The molecule has 0 unspecified atom stereocenters. The van der Waals surface area contributed by atoms with Gasteiger partial charge in [0.1, 0.15) is 5.78 Å². The fraction of sp³-hybridized carbons (Fsp3) is 0.760. The minimum atomic E-state index is -0.0697. The van der Waals surface area contributed by atoms with Crippen molar-refractivity contribution in [3.63, 3.8) is 0 Å². The molecule has 0 bridgehead atoms. The van der Waals surface area contributed by atoms with Gasteiger partial charge in [0.25, 0.3) is 0 Å². The predicted molar refractivity (Wildman–Crippen MR) is 109 cm³/mol. The first kappa shape index (κ1) is 19.2. The lowest BCUT2D eigenvalue weighted by Crippen LogP contribution is -2.51. The summed E-state index contributed by atoms with van der Waals surface area (Å²) in [6.07, 6.45) is 17.6. The van der Waals surface area contributed by atoms with Crippen LogP contribution in [0.15, 0.2) is 23.8 Å². The van der Waals surface area contributed by atoms with Crippen molar-refractivity contribution in [1.29, 1.82) is 0 Å². The first-order valence-corrected chi connectivity index (χ1v) is 11.4. The zero-order valence-electron chi connectivity index (χ0n) is 17.4. The van der Waals surface area contributed by atoms with Crippen molar-refractivity contribution in [1.82, 2.24) is 0 Å². The van der Waals surface area contributed by atoms with E-state index in [4.69, 9.17) is 0 Å². The van der Waals surface area contributed by atoms with Crippen LogP contribution in [0.4, 0.5) is 0 Å². The Balaban J connectivity index is 1.64.